The van der Waals surface area contributed by atoms with E-state index in [9.17, 15) is 23.1 Å². The number of aliphatic hydroxyl groups excluding tert-OH is 1. The fourth-order valence-electron chi connectivity index (χ4n) is 2.19. The molecule has 0 bridgehead atoms. The third kappa shape index (κ3) is 2.87. The van der Waals surface area contributed by atoms with E-state index in [4.69, 9.17) is 23.2 Å². The maximum absolute atomic E-state index is 12.6. The van der Waals surface area contributed by atoms with Gasteiger partial charge in [0, 0.05) is 12.1 Å². The molecule has 110 valence electrons. The lowest BCUT2D eigenvalue weighted by atomic mass is 10.1. The summed E-state index contributed by atoms with van der Waals surface area (Å²) < 4.78 is 37.9. The smallest absolute Gasteiger partial charge is 0.382 e. The molecular formula is C12H10Cl2F3NO2. The maximum Gasteiger partial charge on any atom is 0.416 e. The molecule has 0 spiro atoms. The number of hydrogen-bond donors (Lipinski definition) is 1. The van der Waals surface area contributed by atoms with Crippen molar-refractivity contribution in [3.63, 3.8) is 0 Å². The first-order valence-corrected chi connectivity index (χ1v) is 6.49. The van der Waals surface area contributed by atoms with Crippen molar-refractivity contribution in [3.8, 4) is 0 Å². The Bertz CT molecular complexity index is 536. The quantitative estimate of drug-likeness (QED) is 0.904. The molecule has 2 atom stereocenters. The van der Waals surface area contributed by atoms with E-state index >= 15 is 0 Å². The zero-order valence-electron chi connectivity index (χ0n) is 9.99. The summed E-state index contributed by atoms with van der Waals surface area (Å²) in [4.78, 5) is 12.7. The molecule has 0 aromatic heterocycles. The Balaban J connectivity index is 2.36. The molecule has 1 heterocycles. The Kier molecular flexibility index (Phi) is 4.18. The SMILES string of the molecule is O=C1CC[C@H]([C@H](O)C(F)(F)F)N1c1ccc(Cl)c(Cl)c1. The number of nitrogens with zero attached hydrogens (tertiary/aromatic N) is 1. The van der Waals surface area contributed by atoms with Crippen LogP contribution in [0.4, 0.5) is 18.9 Å². The second kappa shape index (κ2) is 5.42. The zero-order valence-corrected chi connectivity index (χ0v) is 11.5. The van der Waals surface area contributed by atoms with E-state index in [0.29, 0.717) is 0 Å². The highest BCUT2D eigenvalue weighted by Crippen LogP contribution is 2.36. The third-order valence-electron chi connectivity index (χ3n) is 3.14. The molecule has 1 N–H and O–H groups in total. The molecule has 2 rings (SSSR count). The lowest BCUT2D eigenvalue weighted by molar-refractivity contribution is -0.209. The van der Waals surface area contributed by atoms with Crippen molar-refractivity contribution in [2.45, 2.75) is 31.2 Å². The van der Waals surface area contributed by atoms with Crippen LogP contribution in [-0.4, -0.2) is 29.3 Å². The minimum Gasteiger partial charge on any atom is -0.382 e. The van der Waals surface area contributed by atoms with Gasteiger partial charge in [0.05, 0.1) is 16.1 Å². The van der Waals surface area contributed by atoms with Gasteiger partial charge in [0.1, 0.15) is 0 Å². The van der Waals surface area contributed by atoms with Crippen molar-refractivity contribution in [2.75, 3.05) is 4.90 Å². The first-order valence-electron chi connectivity index (χ1n) is 5.73. The fourth-order valence-corrected chi connectivity index (χ4v) is 2.49. The molecule has 8 heteroatoms. The number of anilines is 1. The summed E-state index contributed by atoms with van der Waals surface area (Å²) in [6.07, 6.45) is -7.51. The number of rotatable bonds is 2. The maximum atomic E-state index is 12.6. The summed E-state index contributed by atoms with van der Waals surface area (Å²) in [5.41, 5.74) is 0.190. The number of carbonyl (C=O) groups is 1. The molecule has 1 aromatic carbocycles. The number of benzene rings is 1. The van der Waals surface area contributed by atoms with Crippen molar-refractivity contribution in [3.05, 3.63) is 28.2 Å². The largest absolute Gasteiger partial charge is 0.416 e. The van der Waals surface area contributed by atoms with E-state index < -0.39 is 24.2 Å². The molecule has 1 saturated heterocycles. The molecule has 1 aliphatic heterocycles. The number of amides is 1. The molecule has 1 amide bonds. The highest BCUT2D eigenvalue weighted by atomic mass is 35.5. The standard InChI is InChI=1S/C12H10Cl2F3NO2/c13-7-2-1-6(5-8(7)14)18-9(3-4-10(18)19)11(20)12(15,16)17/h1-2,5,9,11,20H,3-4H2/t9-,11+/m1/s1. The van der Waals surface area contributed by atoms with E-state index in [1.54, 1.807) is 0 Å². The Labute approximate surface area is 122 Å². The van der Waals surface area contributed by atoms with E-state index in [-0.39, 0.29) is 28.6 Å². The predicted octanol–water partition coefficient (Wildman–Crippen LogP) is 3.41. The first-order chi connectivity index (χ1) is 9.21. The number of aliphatic hydroxyl groups is 1. The molecule has 0 aliphatic carbocycles. The Hall–Kier alpha value is -0.980. The van der Waals surface area contributed by atoms with E-state index in [1.807, 2.05) is 0 Å². The Morgan fingerprint density at radius 2 is 1.95 bits per heavy atom. The molecule has 3 nitrogen and oxygen atoms in total. The van der Waals surface area contributed by atoms with Crippen LogP contribution in [-0.2, 0) is 4.79 Å². The summed E-state index contributed by atoms with van der Waals surface area (Å²) in [6, 6.07) is 2.75. The molecule has 0 saturated carbocycles. The predicted molar refractivity (Wildman–Crippen MR) is 69.0 cm³/mol. The second-order valence-corrected chi connectivity index (χ2v) is 5.27. The topological polar surface area (TPSA) is 40.5 Å². The first kappa shape index (κ1) is 15.4. The molecule has 20 heavy (non-hydrogen) atoms. The van der Waals surface area contributed by atoms with Gasteiger partial charge in [0.25, 0.3) is 0 Å². The molecule has 1 aliphatic rings. The van der Waals surface area contributed by atoms with Crippen molar-refractivity contribution >= 4 is 34.8 Å². The summed E-state index contributed by atoms with van der Waals surface area (Å²) in [6.45, 7) is 0. The van der Waals surface area contributed by atoms with Crippen LogP contribution in [0.15, 0.2) is 18.2 Å². The van der Waals surface area contributed by atoms with Crippen LogP contribution in [0.2, 0.25) is 10.0 Å². The monoisotopic (exact) mass is 327 g/mol. The summed E-state index contributed by atoms with van der Waals surface area (Å²) in [5, 5.41) is 9.74. The normalized spacial score (nSPS) is 21.4. The van der Waals surface area contributed by atoms with Crippen molar-refractivity contribution < 1.29 is 23.1 Å². The lowest BCUT2D eigenvalue weighted by Gasteiger charge is -2.30. The minimum absolute atomic E-state index is 0.0575. The molecule has 1 aromatic rings. The van der Waals surface area contributed by atoms with Gasteiger partial charge in [-0.05, 0) is 24.6 Å². The van der Waals surface area contributed by atoms with Gasteiger partial charge in [-0.1, -0.05) is 23.2 Å². The highest BCUT2D eigenvalue weighted by Gasteiger charge is 2.49. The average Bonchev–Trinajstić information content (AvgIpc) is 2.72. The second-order valence-electron chi connectivity index (χ2n) is 4.45. The van der Waals surface area contributed by atoms with E-state index in [1.165, 1.54) is 18.2 Å². The highest BCUT2D eigenvalue weighted by molar-refractivity contribution is 6.42. The van der Waals surface area contributed by atoms with Crippen molar-refractivity contribution in [1.29, 1.82) is 0 Å². The average molecular weight is 328 g/mol. The number of halogens is 5. The van der Waals surface area contributed by atoms with Gasteiger partial charge in [0.2, 0.25) is 5.91 Å². The Morgan fingerprint density at radius 3 is 2.50 bits per heavy atom. The van der Waals surface area contributed by atoms with Crippen LogP contribution in [0.1, 0.15) is 12.8 Å². The van der Waals surface area contributed by atoms with Crippen LogP contribution in [0.5, 0.6) is 0 Å². The van der Waals surface area contributed by atoms with Gasteiger partial charge in [-0.15, -0.1) is 0 Å². The van der Waals surface area contributed by atoms with Crippen LogP contribution < -0.4 is 4.90 Å². The fraction of sp³-hybridized carbons (Fsp3) is 0.417. The van der Waals surface area contributed by atoms with Crippen LogP contribution in [0.3, 0.4) is 0 Å². The van der Waals surface area contributed by atoms with E-state index in [0.717, 1.165) is 4.90 Å². The number of carbonyl (C=O) groups excluding carboxylic acids is 1. The molecule has 0 unspecified atom stereocenters. The minimum atomic E-state index is -4.79. The van der Waals surface area contributed by atoms with Gasteiger partial charge in [0.15, 0.2) is 6.10 Å². The number of hydrogen-bond acceptors (Lipinski definition) is 2. The third-order valence-corrected chi connectivity index (χ3v) is 3.87. The van der Waals surface area contributed by atoms with E-state index in [2.05, 4.69) is 0 Å². The number of alkyl halides is 3. The Morgan fingerprint density at radius 1 is 1.30 bits per heavy atom. The summed E-state index contributed by atoms with van der Waals surface area (Å²) in [7, 11) is 0. The van der Waals surface area contributed by atoms with Gasteiger partial charge < -0.3 is 10.0 Å². The zero-order chi connectivity index (χ0) is 15.1. The van der Waals surface area contributed by atoms with Crippen molar-refractivity contribution in [2.24, 2.45) is 0 Å². The van der Waals surface area contributed by atoms with Crippen LogP contribution in [0.25, 0.3) is 0 Å². The van der Waals surface area contributed by atoms with Crippen LogP contribution in [0, 0.1) is 0 Å². The van der Waals surface area contributed by atoms with Gasteiger partial charge in [-0.2, -0.15) is 13.2 Å². The molecule has 1 fully saturated rings. The van der Waals surface area contributed by atoms with Gasteiger partial charge in [-0.25, -0.2) is 0 Å². The van der Waals surface area contributed by atoms with Crippen LogP contribution >= 0.6 is 23.2 Å². The van der Waals surface area contributed by atoms with Crippen molar-refractivity contribution in [1.82, 2.24) is 0 Å². The van der Waals surface area contributed by atoms with Gasteiger partial charge in [-0.3, -0.25) is 4.79 Å². The lowest BCUT2D eigenvalue weighted by Crippen LogP contribution is -2.48. The summed E-state index contributed by atoms with van der Waals surface area (Å²) in [5.74, 6) is -0.489. The summed E-state index contributed by atoms with van der Waals surface area (Å²) >= 11 is 11.5. The molecular weight excluding hydrogens is 318 g/mol. The van der Waals surface area contributed by atoms with Gasteiger partial charge >= 0.3 is 6.18 Å². The molecule has 0 radical (unpaired) electrons.